The summed E-state index contributed by atoms with van der Waals surface area (Å²) in [7, 11) is -2.85. The number of phosphoric ester groups is 1. The molecule has 0 radical (unpaired) electrons. The third kappa shape index (κ3) is 24.9. The molecule has 0 saturated heterocycles. The van der Waals surface area contributed by atoms with E-state index in [1.807, 2.05) is 32.0 Å². The van der Waals surface area contributed by atoms with Crippen molar-refractivity contribution >= 4 is 52.4 Å². The molecule has 61 heavy (non-hydrogen) atoms. The third-order valence-corrected chi connectivity index (χ3v) is 12.7. The van der Waals surface area contributed by atoms with E-state index in [1.54, 1.807) is 13.3 Å². The Morgan fingerprint density at radius 1 is 0.803 bits per heavy atom. The van der Waals surface area contributed by atoms with Crippen molar-refractivity contribution in [1.29, 1.82) is 0 Å². The van der Waals surface area contributed by atoms with Gasteiger partial charge in [-0.15, -0.1) is 0 Å². The van der Waals surface area contributed by atoms with E-state index in [-0.39, 0.29) is 56.6 Å². The minimum absolute atomic E-state index is 0.0726. The normalized spacial score (nSPS) is 14.6. The van der Waals surface area contributed by atoms with E-state index in [1.165, 1.54) is 77.0 Å². The number of hydrogen-bond acceptors (Lipinski definition) is 8. The summed E-state index contributed by atoms with van der Waals surface area (Å²) < 4.78 is 35.9. The lowest BCUT2D eigenvalue weighted by molar-refractivity contribution is -0.130. The highest BCUT2D eigenvalue weighted by atomic mass is 79.9. The van der Waals surface area contributed by atoms with E-state index >= 15 is 0 Å². The number of carbonyl (C=O) groups is 3. The molecule has 2 rings (SSSR count). The largest absolute Gasteiger partial charge is 0.472 e. The minimum Gasteiger partial charge on any atom is -0.381 e. The highest BCUT2D eigenvalue weighted by Gasteiger charge is 2.28. The average molecular weight is 944 g/mol. The first-order chi connectivity index (χ1) is 29.4. The Hall–Kier alpha value is -2.32. The number of aromatic amines is 1. The first-order valence-corrected chi connectivity index (χ1v) is 25.6. The van der Waals surface area contributed by atoms with Gasteiger partial charge in [-0.25, -0.2) is 4.57 Å². The van der Waals surface area contributed by atoms with Gasteiger partial charge in [0.25, 0.3) is 0 Å². The molecule has 1 heterocycles. The molecule has 0 aliphatic rings. The first-order valence-electron chi connectivity index (χ1n) is 23.3. The van der Waals surface area contributed by atoms with Crippen LogP contribution >= 0.6 is 23.8 Å². The summed E-state index contributed by atoms with van der Waals surface area (Å²) in [6.45, 7) is 8.04. The number of aromatic nitrogens is 1. The van der Waals surface area contributed by atoms with Gasteiger partial charge in [0.2, 0.25) is 17.7 Å². The van der Waals surface area contributed by atoms with Gasteiger partial charge in [0.05, 0.1) is 38.4 Å². The molecule has 350 valence electrons. The molecular formula is C46H80BrN4O9P. The second kappa shape index (κ2) is 33.2. The number of rotatable bonds is 38. The zero-order valence-corrected chi connectivity index (χ0v) is 40.5. The van der Waals surface area contributed by atoms with E-state index in [0.29, 0.717) is 25.9 Å². The van der Waals surface area contributed by atoms with Crippen LogP contribution in [0.2, 0.25) is 0 Å². The second-order valence-corrected chi connectivity index (χ2v) is 18.8. The SMILES string of the molecule is CCCCCCCCCCCCCC(=O)N[C@H](COCC[C@@H](CCCCCCC)OC)COP(=O)(O)OCCNC(=O)[C@@H](NC(=O)Cc1c[nH]c2ccc(Br)cc12)[C@@H](C)CC. The summed E-state index contributed by atoms with van der Waals surface area (Å²) >= 11 is 3.48. The van der Waals surface area contributed by atoms with Crippen molar-refractivity contribution in [2.24, 2.45) is 5.92 Å². The number of halogens is 1. The topological polar surface area (TPSA) is 177 Å². The van der Waals surface area contributed by atoms with Crippen LogP contribution in [0, 0.1) is 5.92 Å². The molecule has 1 unspecified atom stereocenters. The summed E-state index contributed by atoms with van der Waals surface area (Å²) in [4.78, 5) is 53.0. The van der Waals surface area contributed by atoms with Crippen molar-refractivity contribution in [3.8, 4) is 0 Å². The Morgan fingerprint density at radius 3 is 2.08 bits per heavy atom. The molecule has 0 bridgehead atoms. The van der Waals surface area contributed by atoms with Crippen LogP contribution in [-0.2, 0) is 43.9 Å². The van der Waals surface area contributed by atoms with Crippen molar-refractivity contribution in [3.05, 3.63) is 34.4 Å². The average Bonchev–Trinajstić information content (AvgIpc) is 3.63. The number of carbonyl (C=O) groups excluding carboxylic acids is 3. The molecule has 3 amide bonds. The molecule has 1 aromatic carbocycles. The summed E-state index contributed by atoms with van der Waals surface area (Å²) in [5.74, 6) is -1.06. The molecule has 2 aromatic rings. The minimum atomic E-state index is -4.56. The van der Waals surface area contributed by atoms with Crippen molar-refractivity contribution in [3.63, 3.8) is 0 Å². The van der Waals surface area contributed by atoms with Gasteiger partial charge in [-0.2, -0.15) is 0 Å². The molecule has 13 nitrogen and oxygen atoms in total. The Kier molecular flexibility index (Phi) is 29.9. The third-order valence-electron chi connectivity index (χ3n) is 11.2. The lowest BCUT2D eigenvalue weighted by atomic mass is 9.98. The van der Waals surface area contributed by atoms with Crippen LogP contribution in [0.4, 0.5) is 0 Å². The van der Waals surface area contributed by atoms with E-state index in [0.717, 1.165) is 53.0 Å². The lowest BCUT2D eigenvalue weighted by Gasteiger charge is -2.24. The first kappa shape index (κ1) is 54.8. The van der Waals surface area contributed by atoms with Crippen LogP contribution < -0.4 is 16.0 Å². The number of unbranched alkanes of at least 4 members (excludes halogenated alkanes) is 14. The molecular weight excluding hydrogens is 863 g/mol. The summed E-state index contributed by atoms with van der Waals surface area (Å²) in [6, 6.07) is 4.30. The van der Waals surface area contributed by atoms with Gasteiger partial charge in [-0.1, -0.05) is 146 Å². The number of benzene rings is 1. The molecule has 0 fully saturated rings. The predicted molar refractivity (Wildman–Crippen MR) is 248 cm³/mol. The van der Waals surface area contributed by atoms with Gasteiger partial charge in [-0.05, 0) is 48.9 Å². The standard InChI is InChI=1S/C46H80BrN4O9P/c1-6-9-11-13-14-15-16-17-18-20-22-24-43(52)50-39(34-58-29-27-40(57-5)23-21-19-12-10-7-2)35-60-61(55,56)59-30-28-48-46(54)45(36(4)8-3)51-44(53)31-37-33-49-42-26-25-38(47)32-41(37)42/h25-26,32-33,36,39-40,45,49H,6-24,27-31,34-35H2,1-5H3,(H,48,54)(H,50,52)(H,51,53)(H,55,56)/t36-,39+,40+,45-/m0/s1. The van der Waals surface area contributed by atoms with Crippen molar-refractivity contribution in [2.75, 3.05) is 40.1 Å². The van der Waals surface area contributed by atoms with Crippen LogP contribution in [0.1, 0.15) is 162 Å². The Balaban J connectivity index is 1.84. The van der Waals surface area contributed by atoms with Crippen LogP contribution in [0.25, 0.3) is 10.9 Å². The zero-order chi connectivity index (χ0) is 44.7. The quantitative estimate of drug-likeness (QED) is 0.0324. The van der Waals surface area contributed by atoms with Crippen LogP contribution in [0.3, 0.4) is 0 Å². The van der Waals surface area contributed by atoms with E-state index in [2.05, 4.69) is 50.7 Å². The van der Waals surface area contributed by atoms with E-state index in [4.69, 9.17) is 18.5 Å². The number of phosphoric acid groups is 1. The van der Waals surface area contributed by atoms with Crippen LogP contribution in [-0.4, -0.2) is 85.9 Å². The maximum atomic E-state index is 13.2. The smallest absolute Gasteiger partial charge is 0.381 e. The molecule has 5 N–H and O–H groups in total. The molecule has 0 saturated carbocycles. The van der Waals surface area contributed by atoms with Gasteiger partial charge < -0.3 is 35.3 Å². The highest BCUT2D eigenvalue weighted by molar-refractivity contribution is 9.10. The fourth-order valence-corrected chi connectivity index (χ4v) is 8.37. The fraction of sp³-hybridized carbons (Fsp3) is 0.761. The highest BCUT2D eigenvalue weighted by Crippen LogP contribution is 2.43. The fourth-order valence-electron chi connectivity index (χ4n) is 7.24. The zero-order valence-electron chi connectivity index (χ0n) is 38.0. The van der Waals surface area contributed by atoms with Gasteiger partial charge >= 0.3 is 7.82 Å². The summed E-state index contributed by atoms with van der Waals surface area (Å²) in [5.41, 5.74) is 1.72. The number of hydrogen-bond donors (Lipinski definition) is 5. The summed E-state index contributed by atoms with van der Waals surface area (Å²) in [6.07, 6.45) is 23.6. The number of fused-ring (bicyclic) bond motifs is 1. The Morgan fingerprint density at radius 2 is 1.44 bits per heavy atom. The predicted octanol–water partition coefficient (Wildman–Crippen LogP) is 10.2. The number of ether oxygens (including phenoxy) is 2. The van der Waals surface area contributed by atoms with Gasteiger partial charge in [0, 0.05) is 48.3 Å². The second-order valence-electron chi connectivity index (χ2n) is 16.5. The van der Waals surface area contributed by atoms with Crippen molar-refractivity contribution in [1.82, 2.24) is 20.9 Å². The number of amides is 3. The van der Waals surface area contributed by atoms with Crippen molar-refractivity contribution in [2.45, 2.75) is 181 Å². The molecule has 0 spiro atoms. The van der Waals surface area contributed by atoms with E-state index in [9.17, 15) is 23.8 Å². The maximum absolute atomic E-state index is 13.2. The maximum Gasteiger partial charge on any atom is 0.472 e. The van der Waals surface area contributed by atoms with Gasteiger partial charge in [-0.3, -0.25) is 23.4 Å². The van der Waals surface area contributed by atoms with Crippen LogP contribution in [0.5, 0.6) is 0 Å². The molecule has 15 heteroatoms. The monoisotopic (exact) mass is 942 g/mol. The molecule has 5 atom stereocenters. The molecule has 1 aromatic heterocycles. The van der Waals surface area contributed by atoms with Gasteiger partial charge in [0.1, 0.15) is 6.04 Å². The lowest BCUT2D eigenvalue weighted by Crippen LogP contribution is -2.51. The number of H-pyrrole nitrogens is 1. The Labute approximate surface area is 375 Å². The van der Waals surface area contributed by atoms with Crippen LogP contribution in [0.15, 0.2) is 28.9 Å². The number of methoxy groups -OCH3 is 1. The molecule has 0 aliphatic carbocycles. The number of nitrogens with one attached hydrogen (secondary N) is 4. The summed E-state index contributed by atoms with van der Waals surface area (Å²) in [5, 5.41) is 9.43. The van der Waals surface area contributed by atoms with E-state index < -0.39 is 25.8 Å². The molecule has 0 aliphatic heterocycles. The van der Waals surface area contributed by atoms with Gasteiger partial charge in [0.15, 0.2) is 0 Å². The van der Waals surface area contributed by atoms with Crippen molar-refractivity contribution < 1.29 is 42.4 Å². The Bertz CT molecular complexity index is 1550.